The summed E-state index contributed by atoms with van der Waals surface area (Å²) in [5, 5.41) is 13.5. The zero-order chi connectivity index (χ0) is 12.9. The van der Waals surface area contributed by atoms with E-state index in [0.717, 1.165) is 12.2 Å². The van der Waals surface area contributed by atoms with Gasteiger partial charge in [0.05, 0.1) is 5.60 Å². The number of hydrogen-bond acceptors (Lipinski definition) is 4. The van der Waals surface area contributed by atoms with E-state index in [0.29, 0.717) is 12.6 Å². The number of thiophene rings is 1. The fourth-order valence-electron chi connectivity index (χ4n) is 1.65. The third kappa shape index (κ3) is 5.00. The molecule has 2 unspecified atom stereocenters. The molecule has 1 rings (SSSR count). The van der Waals surface area contributed by atoms with E-state index in [9.17, 15) is 5.11 Å². The molecule has 2 N–H and O–H groups in total. The van der Waals surface area contributed by atoms with E-state index in [2.05, 4.69) is 31.3 Å². The molecule has 0 aliphatic rings. The Morgan fingerprint density at radius 3 is 2.76 bits per heavy atom. The van der Waals surface area contributed by atoms with E-state index in [1.54, 1.807) is 11.8 Å². The molecule has 0 aliphatic carbocycles. The fourth-order valence-corrected chi connectivity index (χ4v) is 3.36. The highest BCUT2D eigenvalue weighted by Crippen LogP contribution is 2.23. The van der Waals surface area contributed by atoms with Crippen LogP contribution in [0.2, 0.25) is 0 Å². The summed E-state index contributed by atoms with van der Waals surface area (Å²) < 4.78 is 0. The third-order valence-electron chi connectivity index (χ3n) is 2.70. The normalized spacial score (nSPS) is 16.8. The second kappa shape index (κ2) is 6.78. The van der Waals surface area contributed by atoms with Crippen molar-refractivity contribution in [3.63, 3.8) is 0 Å². The van der Waals surface area contributed by atoms with Crippen molar-refractivity contribution in [3.8, 4) is 0 Å². The summed E-state index contributed by atoms with van der Waals surface area (Å²) in [6.07, 6.45) is 3.12. The molecule has 0 saturated carbocycles. The second-order valence-electron chi connectivity index (χ2n) is 4.69. The lowest BCUT2D eigenvalue weighted by atomic mass is 10.1. The maximum absolute atomic E-state index is 10.1. The molecule has 4 heteroatoms. The Hall–Kier alpha value is -0.0300. The lowest BCUT2D eigenvalue weighted by molar-refractivity contribution is 0.0822. The Bertz CT molecular complexity index is 336. The Balaban J connectivity index is 2.46. The van der Waals surface area contributed by atoms with E-state index in [1.807, 2.05) is 24.5 Å². The molecule has 1 heterocycles. The molecule has 0 fully saturated rings. The quantitative estimate of drug-likeness (QED) is 0.801. The maximum atomic E-state index is 10.1. The average Bonchev–Trinajstić information content (AvgIpc) is 2.74. The molecule has 1 aromatic heterocycles. The topological polar surface area (TPSA) is 32.3 Å². The SMILES string of the molecule is CCc1ccc(C(C)NCC(C)(O)CSC)s1. The Morgan fingerprint density at radius 1 is 1.53 bits per heavy atom. The van der Waals surface area contributed by atoms with Gasteiger partial charge < -0.3 is 10.4 Å². The van der Waals surface area contributed by atoms with E-state index in [1.165, 1.54) is 9.75 Å². The van der Waals surface area contributed by atoms with E-state index < -0.39 is 5.60 Å². The molecule has 0 aromatic carbocycles. The first-order valence-corrected chi connectivity index (χ1v) is 8.23. The first-order chi connectivity index (χ1) is 7.98. The van der Waals surface area contributed by atoms with Gasteiger partial charge in [-0.2, -0.15) is 11.8 Å². The van der Waals surface area contributed by atoms with E-state index in [4.69, 9.17) is 0 Å². The molecule has 0 saturated heterocycles. The molecule has 2 nitrogen and oxygen atoms in total. The van der Waals surface area contributed by atoms with Crippen molar-refractivity contribution in [1.29, 1.82) is 0 Å². The van der Waals surface area contributed by atoms with Gasteiger partial charge in [0.25, 0.3) is 0 Å². The molecule has 0 aliphatic heterocycles. The van der Waals surface area contributed by atoms with Crippen LogP contribution >= 0.6 is 23.1 Å². The zero-order valence-electron chi connectivity index (χ0n) is 11.1. The summed E-state index contributed by atoms with van der Waals surface area (Å²) in [4.78, 5) is 2.77. The first kappa shape index (κ1) is 15.0. The minimum absolute atomic E-state index is 0.314. The van der Waals surface area contributed by atoms with Crippen molar-refractivity contribution in [2.45, 2.75) is 38.8 Å². The smallest absolute Gasteiger partial charge is 0.0833 e. The lowest BCUT2D eigenvalue weighted by Gasteiger charge is -2.24. The van der Waals surface area contributed by atoms with Crippen LogP contribution in [0.5, 0.6) is 0 Å². The van der Waals surface area contributed by atoms with Crippen LogP contribution < -0.4 is 5.32 Å². The Morgan fingerprint density at radius 2 is 2.24 bits per heavy atom. The largest absolute Gasteiger partial charge is 0.388 e. The van der Waals surface area contributed by atoms with Crippen LogP contribution in [0.3, 0.4) is 0 Å². The summed E-state index contributed by atoms with van der Waals surface area (Å²) in [7, 11) is 0. The molecule has 0 bridgehead atoms. The van der Waals surface area contributed by atoms with E-state index in [-0.39, 0.29) is 0 Å². The number of aliphatic hydroxyl groups is 1. The van der Waals surface area contributed by atoms with Gasteiger partial charge in [0.1, 0.15) is 0 Å². The highest BCUT2D eigenvalue weighted by Gasteiger charge is 2.20. The molecule has 0 spiro atoms. The summed E-state index contributed by atoms with van der Waals surface area (Å²) in [6.45, 7) is 6.85. The number of thioether (sulfide) groups is 1. The van der Waals surface area contributed by atoms with Gasteiger partial charge in [-0.1, -0.05) is 6.92 Å². The lowest BCUT2D eigenvalue weighted by Crippen LogP contribution is -2.40. The van der Waals surface area contributed by atoms with Crippen molar-refractivity contribution in [1.82, 2.24) is 5.32 Å². The number of hydrogen-bond donors (Lipinski definition) is 2. The average molecular weight is 273 g/mol. The van der Waals surface area contributed by atoms with E-state index >= 15 is 0 Å². The Kier molecular flexibility index (Phi) is 6.00. The molecular formula is C13H23NOS2. The van der Waals surface area contributed by atoms with Gasteiger partial charge in [-0.15, -0.1) is 11.3 Å². The minimum atomic E-state index is -0.626. The highest BCUT2D eigenvalue weighted by atomic mass is 32.2. The monoisotopic (exact) mass is 273 g/mol. The molecule has 0 amide bonds. The first-order valence-electron chi connectivity index (χ1n) is 6.02. The zero-order valence-corrected chi connectivity index (χ0v) is 12.8. The van der Waals surface area contributed by atoms with Crippen LogP contribution in [0.15, 0.2) is 12.1 Å². The van der Waals surface area contributed by atoms with Crippen LogP contribution in [-0.4, -0.2) is 29.3 Å². The minimum Gasteiger partial charge on any atom is -0.388 e. The van der Waals surface area contributed by atoms with Gasteiger partial charge in [0.2, 0.25) is 0 Å². The van der Waals surface area contributed by atoms with Gasteiger partial charge in [-0.05, 0) is 38.7 Å². The van der Waals surface area contributed by atoms with Crippen LogP contribution in [0.4, 0.5) is 0 Å². The maximum Gasteiger partial charge on any atom is 0.0833 e. The van der Waals surface area contributed by atoms with Gasteiger partial charge in [-0.3, -0.25) is 0 Å². The van der Waals surface area contributed by atoms with Crippen molar-refractivity contribution in [2.24, 2.45) is 0 Å². The van der Waals surface area contributed by atoms with Crippen molar-refractivity contribution < 1.29 is 5.11 Å². The molecule has 1 aromatic rings. The predicted molar refractivity (Wildman–Crippen MR) is 79.1 cm³/mol. The highest BCUT2D eigenvalue weighted by molar-refractivity contribution is 7.98. The third-order valence-corrected chi connectivity index (χ3v) is 5.02. The summed E-state index contributed by atoms with van der Waals surface area (Å²) >= 11 is 3.53. The van der Waals surface area contributed by atoms with Gasteiger partial charge in [-0.25, -0.2) is 0 Å². The molecule has 0 radical (unpaired) electrons. The molecule has 98 valence electrons. The van der Waals surface area contributed by atoms with Crippen molar-refractivity contribution in [2.75, 3.05) is 18.6 Å². The van der Waals surface area contributed by atoms with Crippen LogP contribution in [-0.2, 0) is 6.42 Å². The summed E-state index contributed by atoms with van der Waals surface area (Å²) in [6, 6.07) is 4.69. The number of aryl methyl sites for hydroxylation is 1. The molecule has 2 atom stereocenters. The number of nitrogens with one attached hydrogen (secondary N) is 1. The van der Waals surface area contributed by atoms with Gasteiger partial charge >= 0.3 is 0 Å². The second-order valence-corrected chi connectivity index (χ2v) is 6.76. The van der Waals surface area contributed by atoms with Crippen molar-refractivity contribution in [3.05, 3.63) is 21.9 Å². The number of rotatable bonds is 7. The Labute approximate surface area is 113 Å². The summed E-state index contributed by atoms with van der Waals surface area (Å²) in [5.41, 5.74) is -0.626. The van der Waals surface area contributed by atoms with Crippen LogP contribution in [0, 0.1) is 0 Å². The molecule has 17 heavy (non-hydrogen) atoms. The molecular weight excluding hydrogens is 250 g/mol. The van der Waals surface area contributed by atoms with Crippen molar-refractivity contribution >= 4 is 23.1 Å². The van der Waals surface area contributed by atoms with Gasteiger partial charge in [0, 0.05) is 28.1 Å². The fraction of sp³-hybridized carbons (Fsp3) is 0.692. The predicted octanol–water partition coefficient (Wildman–Crippen LogP) is 3.08. The van der Waals surface area contributed by atoms with Gasteiger partial charge in [0.15, 0.2) is 0 Å². The van der Waals surface area contributed by atoms with Crippen LogP contribution in [0.1, 0.15) is 36.6 Å². The standard InChI is InChI=1S/C13H23NOS2/c1-5-11-6-7-12(17-11)10(2)14-8-13(3,15)9-16-4/h6-7,10,14-15H,5,8-9H2,1-4H3. The summed E-state index contributed by atoms with van der Waals surface area (Å²) in [5.74, 6) is 0.761. The van der Waals surface area contributed by atoms with Crippen LogP contribution in [0.25, 0.3) is 0 Å².